The molecular weight excluding hydrogens is 646 g/mol. The van der Waals surface area contributed by atoms with Crippen LogP contribution < -0.4 is 25.3 Å². The number of nitrogen functional groups attached to an aromatic ring is 1. The van der Waals surface area contributed by atoms with Crippen LogP contribution in [0.3, 0.4) is 0 Å². The largest absolute Gasteiger partial charge is 0.508 e. The molecule has 2 aliphatic heterocycles. The zero-order valence-electron chi connectivity index (χ0n) is 29.1. The number of nitrogens with one attached hydrogen (secondary N) is 1. The van der Waals surface area contributed by atoms with Gasteiger partial charge in [0.1, 0.15) is 42.4 Å². The third kappa shape index (κ3) is 5.71. The number of esters is 1. The number of carbonyl (C=O) groups is 1. The number of nitrogens with two attached hydrogens (primary N) is 1. The van der Waals surface area contributed by atoms with Crippen LogP contribution in [0.15, 0.2) is 60.8 Å². The van der Waals surface area contributed by atoms with Gasteiger partial charge in [-0.05, 0) is 80.0 Å². The lowest BCUT2D eigenvalue weighted by molar-refractivity contribution is -0.141. The van der Waals surface area contributed by atoms with Gasteiger partial charge in [-0.3, -0.25) is 4.79 Å². The van der Waals surface area contributed by atoms with Crippen LogP contribution in [-0.2, 0) is 27.8 Å². The fourth-order valence-electron chi connectivity index (χ4n) is 8.99. The van der Waals surface area contributed by atoms with Crippen LogP contribution in [0.1, 0.15) is 71.6 Å². The molecule has 0 radical (unpaired) electrons. The summed E-state index contributed by atoms with van der Waals surface area (Å²) in [6.07, 6.45) is 9.81. The summed E-state index contributed by atoms with van der Waals surface area (Å²) >= 11 is 0. The standard InChI is InChI=1S/C41H43N3O7/c1-22(45)49-21-32-30-7-8-31-36-25(15-27(46)16-34(36)48-3)18-41(13-12-23(17-41)14-24-4-11-35(42)44-19-24)37(31)40(30)51-38(32)28-9-10-33(47)39-29(28)6-5-26(43-2)20-50-39/h4-11,15-16,19,23,26,32,38,43,46-47H,12-14,17-18,20-21H2,1-3H3,(H2,42,44). The van der Waals surface area contributed by atoms with E-state index in [-0.39, 0.29) is 41.4 Å². The molecule has 0 amide bonds. The molecule has 1 aromatic heterocycles. The van der Waals surface area contributed by atoms with Gasteiger partial charge >= 0.3 is 5.97 Å². The molecule has 10 nitrogen and oxygen atoms in total. The Balaban J connectivity index is 1.28. The molecule has 1 saturated carbocycles. The summed E-state index contributed by atoms with van der Waals surface area (Å²) in [5.74, 6) is 2.26. The number of aromatic hydroxyl groups is 2. The summed E-state index contributed by atoms with van der Waals surface area (Å²) < 4.78 is 25.0. The number of phenols is 2. The first-order chi connectivity index (χ1) is 24.7. The Morgan fingerprint density at radius 1 is 1.12 bits per heavy atom. The van der Waals surface area contributed by atoms with Gasteiger partial charge in [0.05, 0.1) is 19.1 Å². The quantitative estimate of drug-likeness (QED) is 0.162. The number of hydrogen-bond acceptors (Lipinski definition) is 10. The van der Waals surface area contributed by atoms with E-state index in [0.717, 1.165) is 75.9 Å². The lowest BCUT2D eigenvalue weighted by Gasteiger charge is -2.39. The maximum absolute atomic E-state index is 12.2. The van der Waals surface area contributed by atoms with Crippen molar-refractivity contribution in [3.63, 3.8) is 0 Å². The van der Waals surface area contributed by atoms with E-state index in [1.807, 2.05) is 43.6 Å². The minimum Gasteiger partial charge on any atom is -0.508 e. The maximum atomic E-state index is 12.2. The van der Waals surface area contributed by atoms with E-state index in [4.69, 9.17) is 24.7 Å². The molecule has 2 aliphatic carbocycles. The van der Waals surface area contributed by atoms with Crippen molar-refractivity contribution >= 4 is 17.9 Å². The van der Waals surface area contributed by atoms with Gasteiger partial charge in [-0.2, -0.15) is 0 Å². The van der Waals surface area contributed by atoms with Crippen LogP contribution in [0.4, 0.5) is 5.82 Å². The van der Waals surface area contributed by atoms with Gasteiger partial charge in [0, 0.05) is 52.4 Å². The van der Waals surface area contributed by atoms with Crippen molar-refractivity contribution in [3.8, 4) is 39.9 Å². The Labute approximate surface area is 297 Å². The van der Waals surface area contributed by atoms with E-state index in [9.17, 15) is 15.0 Å². The maximum Gasteiger partial charge on any atom is 0.302 e. The lowest BCUT2D eigenvalue weighted by Crippen LogP contribution is -2.31. The number of aromatic nitrogens is 1. The second-order valence-corrected chi connectivity index (χ2v) is 14.4. The first-order valence-electron chi connectivity index (χ1n) is 17.6. The van der Waals surface area contributed by atoms with Crippen molar-refractivity contribution in [3.05, 3.63) is 94.2 Å². The van der Waals surface area contributed by atoms with Gasteiger partial charge < -0.3 is 40.2 Å². The molecule has 5 atom stereocenters. The van der Waals surface area contributed by atoms with Crippen LogP contribution in [0.25, 0.3) is 17.2 Å². The number of ether oxygens (including phenoxy) is 4. The molecule has 4 aliphatic rings. The first-order valence-corrected chi connectivity index (χ1v) is 17.6. The number of anilines is 1. The number of carbonyl (C=O) groups excluding carboxylic acids is 1. The number of likely N-dealkylation sites (N-methyl/N-ethyl adjacent to an activating group) is 1. The number of fused-ring (bicyclic) bond motifs is 7. The fourth-order valence-corrected chi connectivity index (χ4v) is 8.99. The molecule has 3 aromatic carbocycles. The minimum absolute atomic E-state index is 0.0381. The number of nitrogens with zero attached hydrogens (tertiary/aromatic N) is 1. The molecule has 3 heterocycles. The fraction of sp³-hybridized carbons (Fsp3) is 0.366. The summed E-state index contributed by atoms with van der Waals surface area (Å²) in [6.45, 7) is 1.90. The lowest BCUT2D eigenvalue weighted by atomic mass is 9.65. The van der Waals surface area contributed by atoms with Gasteiger partial charge in [-0.1, -0.05) is 36.4 Å². The zero-order valence-corrected chi connectivity index (χ0v) is 29.1. The summed E-state index contributed by atoms with van der Waals surface area (Å²) in [4.78, 5) is 16.6. The highest BCUT2D eigenvalue weighted by Gasteiger charge is 2.50. The van der Waals surface area contributed by atoms with Gasteiger partial charge in [0.25, 0.3) is 0 Å². The van der Waals surface area contributed by atoms with Crippen molar-refractivity contribution in [2.24, 2.45) is 5.92 Å². The van der Waals surface area contributed by atoms with Crippen LogP contribution in [0.5, 0.6) is 28.7 Å². The van der Waals surface area contributed by atoms with E-state index < -0.39 is 6.10 Å². The van der Waals surface area contributed by atoms with Gasteiger partial charge in [0.2, 0.25) is 0 Å². The molecule has 4 aromatic rings. The topological polar surface area (TPSA) is 145 Å². The normalized spacial score (nSPS) is 24.1. The van der Waals surface area contributed by atoms with Crippen LogP contribution in [0, 0.1) is 5.92 Å². The first kappa shape index (κ1) is 33.0. The van der Waals surface area contributed by atoms with Crippen molar-refractivity contribution in [1.29, 1.82) is 0 Å². The summed E-state index contributed by atoms with van der Waals surface area (Å²) in [7, 11) is 3.50. The average Bonchev–Trinajstić information content (AvgIpc) is 3.60. The number of pyridine rings is 1. The van der Waals surface area contributed by atoms with Crippen molar-refractivity contribution in [1.82, 2.24) is 10.3 Å². The van der Waals surface area contributed by atoms with Crippen LogP contribution in [0.2, 0.25) is 0 Å². The number of hydrogen-bond donors (Lipinski definition) is 4. The summed E-state index contributed by atoms with van der Waals surface area (Å²) in [5.41, 5.74) is 13.5. The number of phenolic OH excluding ortho intramolecular Hbond substituents is 2. The number of benzene rings is 3. The van der Waals surface area contributed by atoms with Crippen LogP contribution >= 0.6 is 0 Å². The number of methoxy groups -OCH3 is 1. The van der Waals surface area contributed by atoms with E-state index in [1.165, 1.54) is 6.92 Å². The Morgan fingerprint density at radius 3 is 2.73 bits per heavy atom. The zero-order chi connectivity index (χ0) is 35.4. The second-order valence-electron chi connectivity index (χ2n) is 14.4. The predicted molar refractivity (Wildman–Crippen MR) is 193 cm³/mol. The van der Waals surface area contributed by atoms with Gasteiger partial charge in [-0.25, -0.2) is 4.98 Å². The molecule has 8 rings (SSSR count). The third-order valence-corrected chi connectivity index (χ3v) is 11.3. The molecule has 5 N–H and O–H groups in total. The minimum atomic E-state index is -0.530. The Kier molecular flexibility index (Phi) is 8.29. The monoisotopic (exact) mass is 689 g/mol. The highest BCUT2D eigenvalue weighted by atomic mass is 16.5. The van der Waals surface area contributed by atoms with Gasteiger partial charge in [0.15, 0.2) is 11.5 Å². The van der Waals surface area contributed by atoms with E-state index in [1.54, 1.807) is 19.2 Å². The molecule has 264 valence electrons. The average molecular weight is 690 g/mol. The molecule has 10 heteroatoms. The summed E-state index contributed by atoms with van der Waals surface area (Å²) in [6, 6.07) is 15.2. The molecule has 1 fully saturated rings. The number of rotatable bonds is 7. The smallest absolute Gasteiger partial charge is 0.302 e. The second kappa shape index (κ2) is 12.8. The molecule has 51 heavy (non-hydrogen) atoms. The summed E-state index contributed by atoms with van der Waals surface area (Å²) in [5, 5.41) is 24.9. The molecule has 0 bridgehead atoms. The van der Waals surface area contributed by atoms with E-state index >= 15 is 0 Å². The molecule has 5 unspecified atom stereocenters. The molecule has 1 spiro atoms. The highest BCUT2D eigenvalue weighted by molar-refractivity contribution is 5.84. The molecule has 0 saturated heterocycles. The SMILES string of the molecule is CNC1C=Cc2c(C3Oc4c(ccc5c4C4(CCC(Cc6ccc(N)nc6)C4)Cc4cc(O)cc(OC)c4-5)C3COC(C)=O)ccc(O)c2OC1. The molecular formula is C41H43N3O7. The van der Waals surface area contributed by atoms with Crippen molar-refractivity contribution in [2.45, 2.75) is 62.5 Å². The Hall–Kier alpha value is -5.22. The Morgan fingerprint density at radius 2 is 1.96 bits per heavy atom. The van der Waals surface area contributed by atoms with E-state index in [0.29, 0.717) is 36.3 Å². The van der Waals surface area contributed by atoms with Crippen LogP contribution in [-0.4, -0.2) is 54.6 Å². The van der Waals surface area contributed by atoms with Crippen molar-refractivity contribution in [2.75, 3.05) is 33.1 Å². The Bertz CT molecular complexity index is 2040. The third-order valence-electron chi connectivity index (χ3n) is 11.3. The van der Waals surface area contributed by atoms with E-state index in [2.05, 4.69) is 28.5 Å². The highest BCUT2D eigenvalue weighted by Crippen LogP contribution is 2.62. The predicted octanol–water partition coefficient (Wildman–Crippen LogP) is 6.36. The van der Waals surface area contributed by atoms with Gasteiger partial charge in [-0.15, -0.1) is 0 Å². The van der Waals surface area contributed by atoms with Crippen molar-refractivity contribution < 1.29 is 34.0 Å².